The lowest BCUT2D eigenvalue weighted by atomic mass is 9.58. The van der Waals surface area contributed by atoms with E-state index in [0.29, 0.717) is 25.7 Å². The quantitative estimate of drug-likeness (QED) is 0.0978. The lowest BCUT2D eigenvalue weighted by Crippen LogP contribution is -2.69. The third kappa shape index (κ3) is 5.01. The van der Waals surface area contributed by atoms with Crippen molar-refractivity contribution in [3.63, 3.8) is 0 Å². The number of unbranched alkanes of at least 4 members (excludes halogenated alkanes) is 1. The predicted octanol–water partition coefficient (Wildman–Crippen LogP) is 2.91. The Hall–Kier alpha value is -2.70. The zero-order valence-electron chi connectivity index (χ0n) is 29.1. The molecule has 5 aliphatic rings. The molecule has 0 aromatic heterocycles. The van der Waals surface area contributed by atoms with Crippen LogP contribution in [0.25, 0.3) is 0 Å². The molecule has 0 amide bonds. The molecule has 1 heterocycles. The Labute approximate surface area is 282 Å². The fourth-order valence-electron chi connectivity index (χ4n) is 9.32. The molecule has 266 valence electrons. The van der Waals surface area contributed by atoms with Gasteiger partial charge in [0.05, 0.1) is 24.2 Å². The number of Topliss-reactive ketones (excluding diaryl/α,β-unsaturated/α-hetero) is 2. The first-order valence-electron chi connectivity index (χ1n) is 17.4. The number of esters is 2. The average molecular weight is 673 g/mol. The second kappa shape index (κ2) is 12.6. The fourth-order valence-corrected chi connectivity index (χ4v) is 9.32. The number of ether oxygens (including phenoxy) is 3. The van der Waals surface area contributed by atoms with Crippen molar-refractivity contribution >= 4 is 23.5 Å². The molecule has 5 rings (SSSR count). The van der Waals surface area contributed by atoms with Crippen molar-refractivity contribution in [1.29, 1.82) is 0 Å². The molecule has 8 unspecified atom stereocenters. The molecule has 3 saturated carbocycles. The van der Waals surface area contributed by atoms with Gasteiger partial charge in [-0.1, -0.05) is 72.3 Å². The monoisotopic (exact) mass is 672 g/mol. The Kier molecular flexibility index (Phi) is 9.58. The van der Waals surface area contributed by atoms with Crippen LogP contribution in [0, 0.1) is 35.0 Å². The molecular weight excluding hydrogens is 620 g/mol. The normalized spacial score (nSPS) is 42.6. The van der Waals surface area contributed by atoms with Gasteiger partial charge < -0.3 is 34.6 Å². The molecule has 11 heteroatoms. The van der Waals surface area contributed by atoms with Crippen LogP contribution in [0.1, 0.15) is 87.0 Å². The first-order valence-corrected chi connectivity index (χ1v) is 17.4. The summed E-state index contributed by atoms with van der Waals surface area (Å²) < 4.78 is 18.5. The summed E-state index contributed by atoms with van der Waals surface area (Å²) >= 11 is 0. The summed E-state index contributed by atoms with van der Waals surface area (Å²) in [6, 6.07) is 0. The molecule has 48 heavy (non-hydrogen) atoms. The maximum absolute atomic E-state index is 13.5. The van der Waals surface area contributed by atoms with E-state index in [-0.39, 0.29) is 11.4 Å². The van der Waals surface area contributed by atoms with E-state index in [0.717, 1.165) is 12.8 Å². The smallest absolute Gasteiger partial charge is 0.331 e. The number of ketones is 2. The minimum Gasteiger partial charge on any atom is -0.455 e. The van der Waals surface area contributed by atoms with Gasteiger partial charge in [-0.3, -0.25) is 14.4 Å². The number of aliphatic hydroxyl groups is 4. The molecule has 0 aromatic carbocycles. The van der Waals surface area contributed by atoms with E-state index in [1.54, 1.807) is 26.0 Å². The van der Waals surface area contributed by atoms with E-state index >= 15 is 0 Å². The molecular formula is C37H52O11. The Morgan fingerprint density at radius 3 is 2.44 bits per heavy atom. The zero-order valence-corrected chi connectivity index (χ0v) is 29.1. The number of aliphatic hydroxyl groups excluding tert-OH is 2. The predicted molar refractivity (Wildman–Crippen MR) is 173 cm³/mol. The van der Waals surface area contributed by atoms with Crippen LogP contribution in [-0.2, 0) is 33.4 Å². The van der Waals surface area contributed by atoms with Crippen molar-refractivity contribution in [1.82, 2.24) is 0 Å². The number of carbonyl (C=O) groups is 4. The van der Waals surface area contributed by atoms with Crippen molar-refractivity contribution in [2.75, 3.05) is 6.61 Å². The van der Waals surface area contributed by atoms with Gasteiger partial charge in [-0.2, -0.15) is 0 Å². The van der Waals surface area contributed by atoms with E-state index < -0.39 is 100 Å². The highest BCUT2D eigenvalue weighted by Crippen LogP contribution is 2.80. The second-order valence-corrected chi connectivity index (χ2v) is 15.3. The molecule has 0 bridgehead atoms. The second-order valence-electron chi connectivity index (χ2n) is 15.3. The van der Waals surface area contributed by atoms with Crippen LogP contribution >= 0.6 is 0 Å². The molecule has 0 aromatic rings. The fraction of sp³-hybridized carbons (Fsp3) is 0.730. The van der Waals surface area contributed by atoms with Crippen LogP contribution in [0.4, 0.5) is 0 Å². The van der Waals surface area contributed by atoms with Crippen molar-refractivity contribution in [2.24, 2.45) is 35.0 Å². The van der Waals surface area contributed by atoms with Crippen LogP contribution in [0.15, 0.2) is 36.0 Å². The Morgan fingerprint density at radius 1 is 1.12 bits per heavy atom. The van der Waals surface area contributed by atoms with Gasteiger partial charge in [0, 0.05) is 48.0 Å². The summed E-state index contributed by atoms with van der Waals surface area (Å²) in [7, 11) is 0. The molecule has 0 radical (unpaired) electrons. The summed E-state index contributed by atoms with van der Waals surface area (Å²) in [5.74, 6) is -6.36. The Balaban J connectivity index is 1.52. The van der Waals surface area contributed by atoms with Crippen molar-refractivity contribution < 1.29 is 53.8 Å². The van der Waals surface area contributed by atoms with Gasteiger partial charge in [0.1, 0.15) is 23.6 Å². The molecule has 0 spiro atoms. The lowest BCUT2D eigenvalue weighted by molar-refractivity contribution is -0.244. The highest BCUT2D eigenvalue weighted by molar-refractivity contribution is 6.05. The number of epoxide rings is 1. The number of carbonyl (C=O) groups excluding carboxylic acids is 4. The van der Waals surface area contributed by atoms with Crippen LogP contribution < -0.4 is 0 Å². The summed E-state index contributed by atoms with van der Waals surface area (Å²) in [6.07, 6.45) is 7.30. The highest BCUT2D eigenvalue weighted by atomic mass is 16.6. The summed E-state index contributed by atoms with van der Waals surface area (Å²) in [5, 5.41) is 47.2. The standard InChI is InChI=1S/C37H52O11/c1-8-10-15-23(39)16-13-11-12-14-17-25(40)46-29-22(5)35(44)24-18-21(4)28(41)36(24,45)32(43)34(19-38)30(47-34)26(35)27-33(6,7)37(27,29)48-31(42)20(3)9-2/h11-12,14,17-18,20,22,24,26-27,29-30,32,38,43-45H,8-10,13,15-16,19H2,1-7H3/b12-11+,17-14+/t20?,22-,24+,26-,27+,29?,30?,32?,34?,35?,36?,37?/m1/s1. The number of hydrogen-bond acceptors (Lipinski definition) is 11. The van der Waals surface area contributed by atoms with E-state index in [2.05, 4.69) is 0 Å². The first-order chi connectivity index (χ1) is 22.5. The SMILES string of the molecule is CCCCC(=O)CC/C=C/C=C/C(=O)OC1[C@@H](C)C2(O)[C@@H]3C=C(C)C(=O)C3(O)C(O)C3(CO)OC3[C@H]2[C@H]2C(C)(C)C12OC(=O)C(C)CC. The van der Waals surface area contributed by atoms with E-state index in [4.69, 9.17) is 14.2 Å². The molecule has 4 aliphatic carbocycles. The first kappa shape index (κ1) is 36.6. The zero-order chi connectivity index (χ0) is 35.6. The number of allylic oxidation sites excluding steroid dienone is 3. The number of fused-ring (bicyclic) bond motifs is 7. The van der Waals surface area contributed by atoms with Gasteiger partial charge in [0.25, 0.3) is 0 Å². The Bertz CT molecular complexity index is 1430. The van der Waals surface area contributed by atoms with Crippen molar-refractivity contribution in [3.8, 4) is 0 Å². The third-order valence-electron chi connectivity index (χ3n) is 12.4. The van der Waals surface area contributed by atoms with Gasteiger partial charge in [-0.05, 0) is 31.8 Å². The third-order valence-corrected chi connectivity index (χ3v) is 12.4. The van der Waals surface area contributed by atoms with Crippen LogP contribution in [0.5, 0.6) is 0 Å². The molecule has 4 fully saturated rings. The van der Waals surface area contributed by atoms with E-state index in [9.17, 15) is 39.6 Å². The minimum absolute atomic E-state index is 0.138. The molecule has 11 nitrogen and oxygen atoms in total. The van der Waals surface area contributed by atoms with E-state index in [1.807, 2.05) is 27.7 Å². The lowest BCUT2D eigenvalue weighted by Gasteiger charge is -2.53. The molecule has 4 N–H and O–H groups in total. The van der Waals surface area contributed by atoms with Gasteiger partial charge in [0.15, 0.2) is 17.0 Å². The highest BCUT2D eigenvalue weighted by Gasteiger charge is 2.93. The van der Waals surface area contributed by atoms with Gasteiger partial charge in [-0.15, -0.1) is 0 Å². The topological polar surface area (TPSA) is 180 Å². The van der Waals surface area contributed by atoms with Crippen LogP contribution in [0.2, 0.25) is 0 Å². The molecule has 1 saturated heterocycles. The minimum atomic E-state index is -2.52. The summed E-state index contributed by atoms with van der Waals surface area (Å²) in [4.78, 5) is 52.4. The number of rotatable bonds is 13. The maximum atomic E-state index is 13.5. The van der Waals surface area contributed by atoms with E-state index in [1.165, 1.54) is 25.2 Å². The van der Waals surface area contributed by atoms with Gasteiger partial charge in [-0.25, -0.2) is 4.79 Å². The largest absolute Gasteiger partial charge is 0.455 e. The van der Waals surface area contributed by atoms with Gasteiger partial charge in [0.2, 0.25) is 0 Å². The van der Waals surface area contributed by atoms with Gasteiger partial charge >= 0.3 is 11.9 Å². The molecule has 12 atom stereocenters. The van der Waals surface area contributed by atoms with Crippen molar-refractivity contribution in [3.05, 3.63) is 36.0 Å². The van der Waals surface area contributed by atoms with Crippen LogP contribution in [0.3, 0.4) is 0 Å². The molecule has 1 aliphatic heterocycles. The summed E-state index contributed by atoms with van der Waals surface area (Å²) in [5.41, 5.74) is -8.46. The van der Waals surface area contributed by atoms with Crippen LogP contribution in [-0.4, -0.2) is 91.3 Å². The maximum Gasteiger partial charge on any atom is 0.331 e. The number of hydrogen-bond donors (Lipinski definition) is 4. The van der Waals surface area contributed by atoms with Crippen molar-refractivity contribution in [2.45, 2.75) is 128 Å². The summed E-state index contributed by atoms with van der Waals surface area (Å²) in [6.45, 7) is 11.7. The Morgan fingerprint density at radius 2 is 1.81 bits per heavy atom. The average Bonchev–Trinajstić information content (AvgIpc) is 3.88.